The fraction of sp³-hybridized carbons (Fsp3) is 0.182. The van der Waals surface area contributed by atoms with E-state index in [1.165, 1.54) is 11.3 Å². The Labute approximate surface area is 172 Å². The summed E-state index contributed by atoms with van der Waals surface area (Å²) < 4.78 is 10.7. The number of thiophene rings is 1. The molecule has 2 N–H and O–H groups in total. The lowest BCUT2D eigenvalue weighted by atomic mass is 10.0. The predicted molar refractivity (Wildman–Crippen MR) is 111 cm³/mol. The Hall–Kier alpha value is -3.32. The van der Waals surface area contributed by atoms with Crippen LogP contribution < -0.4 is 20.1 Å². The van der Waals surface area contributed by atoms with E-state index in [0.29, 0.717) is 22.7 Å². The highest BCUT2D eigenvalue weighted by Crippen LogP contribution is 2.34. The normalized spacial score (nSPS) is 13.0. The largest absolute Gasteiger partial charge is 0.454 e. The van der Waals surface area contributed by atoms with Gasteiger partial charge in [0.25, 0.3) is 5.91 Å². The summed E-state index contributed by atoms with van der Waals surface area (Å²) in [6.45, 7) is 2.14. The summed E-state index contributed by atoms with van der Waals surface area (Å²) in [5.41, 5.74) is 2.37. The molecule has 2 amide bonds. The maximum absolute atomic E-state index is 13.0. The van der Waals surface area contributed by atoms with E-state index < -0.39 is 6.04 Å². The number of hydrogen-bond acceptors (Lipinski definition) is 5. The average Bonchev–Trinajstić information content (AvgIpc) is 3.38. The molecule has 0 saturated carbocycles. The molecule has 3 aromatic rings. The fourth-order valence-corrected chi connectivity index (χ4v) is 3.73. The van der Waals surface area contributed by atoms with Gasteiger partial charge in [0.15, 0.2) is 11.5 Å². The summed E-state index contributed by atoms with van der Waals surface area (Å²) in [5, 5.41) is 7.65. The number of nitrogens with one attached hydrogen (secondary N) is 2. The van der Waals surface area contributed by atoms with Gasteiger partial charge in [-0.05, 0) is 36.1 Å². The molecule has 1 aliphatic rings. The Balaban J connectivity index is 1.52. The van der Waals surface area contributed by atoms with Gasteiger partial charge >= 0.3 is 0 Å². The van der Waals surface area contributed by atoms with E-state index in [2.05, 4.69) is 10.6 Å². The number of carbonyl (C=O) groups excluding carboxylic acids is 2. The third-order valence-corrected chi connectivity index (χ3v) is 5.41. The second-order valence-electron chi connectivity index (χ2n) is 6.72. The lowest BCUT2D eigenvalue weighted by Gasteiger charge is -2.19. The number of anilines is 1. The molecule has 0 unspecified atom stereocenters. The predicted octanol–water partition coefficient (Wildman–Crippen LogP) is 3.82. The zero-order valence-electron chi connectivity index (χ0n) is 15.8. The van der Waals surface area contributed by atoms with Crippen molar-refractivity contribution in [2.45, 2.75) is 19.4 Å². The minimum Gasteiger partial charge on any atom is -0.454 e. The van der Waals surface area contributed by atoms with E-state index in [-0.39, 0.29) is 25.0 Å². The SMILES string of the molecule is Cc1ccc([C@@H](NC(=O)Cc2cccs2)C(=O)Nc2ccc3c(c2)OCO3)cc1. The number of rotatable bonds is 6. The zero-order valence-corrected chi connectivity index (χ0v) is 16.6. The summed E-state index contributed by atoms with van der Waals surface area (Å²) >= 11 is 1.51. The van der Waals surface area contributed by atoms with Gasteiger partial charge in [-0.15, -0.1) is 11.3 Å². The van der Waals surface area contributed by atoms with Crippen molar-refractivity contribution in [3.05, 3.63) is 76.0 Å². The highest BCUT2D eigenvalue weighted by atomic mass is 32.1. The molecule has 1 aliphatic heterocycles. The molecule has 148 valence electrons. The van der Waals surface area contributed by atoms with Crippen molar-refractivity contribution in [3.8, 4) is 11.5 Å². The lowest BCUT2D eigenvalue weighted by molar-refractivity contribution is -0.126. The quantitative estimate of drug-likeness (QED) is 0.650. The number of hydrogen-bond donors (Lipinski definition) is 2. The van der Waals surface area contributed by atoms with Crippen LogP contribution in [-0.4, -0.2) is 18.6 Å². The zero-order chi connectivity index (χ0) is 20.2. The molecule has 29 heavy (non-hydrogen) atoms. The second-order valence-corrected chi connectivity index (χ2v) is 7.76. The molecule has 0 spiro atoms. The summed E-state index contributed by atoms with van der Waals surface area (Å²) in [6.07, 6.45) is 0.233. The van der Waals surface area contributed by atoms with Crippen LogP contribution in [0.25, 0.3) is 0 Å². The van der Waals surface area contributed by atoms with Gasteiger partial charge in [0.2, 0.25) is 12.7 Å². The standard InChI is InChI=1S/C22H20N2O4S/c1-14-4-6-15(7-5-14)21(24-20(25)12-17-3-2-10-29-17)22(26)23-16-8-9-18-19(11-16)28-13-27-18/h2-11,21H,12-13H2,1H3,(H,23,26)(H,24,25)/t21-/m1/s1. The van der Waals surface area contributed by atoms with Crippen LogP contribution in [0.4, 0.5) is 5.69 Å². The number of fused-ring (bicyclic) bond motifs is 1. The van der Waals surface area contributed by atoms with E-state index >= 15 is 0 Å². The first kappa shape index (κ1) is 19.0. The van der Waals surface area contributed by atoms with Gasteiger partial charge in [0.05, 0.1) is 6.42 Å². The first-order chi connectivity index (χ1) is 14.1. The Morgan fingerprint density at radius 3 is 2.62 bits per heavy atom. The molecule has 6 nitrogen and oxygen atoms in total. The van der Waals surface area contributed by atoms with Crippen molar-refractivity contribution in [2.24, 2.45) is 0 Å². The average molecular weight is 408 g/mol. The van der Waals surface area contributed by atoms with Gasteiger partial charge < -0.3 is 20.1 Å². The van der Waals surface area contributed by atoms with Crippen molar-refractivity contribution >= 4 is 28.8 Å². The monoisotopic (exact) mass is 408 g/mol. The van der Waals surface area contributed by atoms with Crippen molar-refractivity contribution in [3.63, 3.8) is 0 Å². The maximum Gasteiger partial charge on any atom is 0.251 e. The fourth-order valence-electron chi connectivity index (χ4n) is 3.03. The van der Waals surface area contributed by atoms with Gasteiger partial charge in [0.1, 0.15) is 6.04 Å². The van der Waals surface area contributed by atoms with Crippen LogP contribution >= 0.6 is 11.3 Å². The highest BCUT2D eigenvalue weighted by Gasteiger charge is 2.24. The molecule has 0 aliphatic carbocycles. The highest BCUT2D eigenvalue weighted by molar-refractivity contribution is 7.10. The minimum absolute atomic E-state index is 0.164. The molecule has 2 aromatic carbocycles. The lowest BCUT2D eigenvalue weighted by Crippen LogP contribution is -2.37. The topological polar surface area (TPSA) is 76.7 Å². The van der Waals surface area contributed by atoms with Crippen molar-refractivity contribution in [2.75, 3.05) is 12.1 Å². The van der Waals surface area contributed by atoms with Crippen LogP contribution in [0.2, 0.25) is 0 Å². The van der Waals surface area contributed by atoms with Gasteiger partial charge in [-0.25, -0.2) is 0 Å². The number of carbonyl (C=O) groups is 2. The van der Waals surface area contributed by atoms with Crippen LogP contribution in [0, 0.1) is 6.92 Å². The molecule has 0 fully saturated rings. The Morgan fingerprint density at radius 2 is 1.86 bits per heavy atom. The third kappa shape index (κ3) is 4.57. The van der Waals surface area contributed by atoms with E-state index in [1.54, 1.807) is 18.2 Å². The summed E-state index contributed by atoms with van der Waals surface area (Å²) in [4.78, 5) is 26.5. The molecule has 1 aromatic heterocycles. The number of ether oxygens (including phenoxy) is 2. The molecule has 0 radical (unpaired) electrons. The second kappa shape index (κ2) is 8.36. The first-order valence-electron chi connectivity index (χ1n) is 9.17. The van der Waals surface area contributed by atoms with Crippen LogP contribution in [0.5, 0.6) is 11.5 Å². The van der Waals surface area contributed by atoms with Crippen LogP contribution in [0.1, 0.15) is 22.0 Å². The Morgan fingerprint density at radius 1 is 1.07 bits per heavy atom. The van der Waals surface area contributed by atoms with E-state index in [0.717, 1.165) is 10.4 Å². The van der Waals surface area contributed by atoms with Crippen LogP contribution in [0.15, 0.2) is 60.0 Å². The molecule has 4 rings (SSSR count). The third-order valence-electron chi connectivity index (χ3n) is 4.53. The van der Waals surface area contributed by atoms with Crippen molar-refractivity contribution < 1.29 is 19.1 Å². The van der Waals surface area contributed by atoms with E-state index in [9.17, 15) is 9.59 Å². The molecular weight excluding hydrogens is 388 g/mol. The summed E-state index contributed by atoms with van der Waals surface area (Å²) in [7, 11) is 0. The van der Waals surface area contributed by atoms with Crippen molar-refractivity contribution in [1.82, 2.24) is 5.32 Å². The van der Waals surface area contributed by atoms with Gasteiger partial charge in [-0.1, -0.05) is 35.9 Å². The Kier molecular flexibility index (Phi) is 5.48. The molecule has 0 saturated heterocycles. The molecule has 1 atom stereocenters. The van der Waals surface area contributed by atoms with E-state index in [4.69, 9.17) is 9.47 Å². The minimum atomic E-state index is -0.812. The first-order valence-corrected chi connectivity index (χ1v) is 10.1. The molecular formula is C22H20N2O4S. The smallest absolute Gasteiger partial charge is 0.251 e. The van der Waals surface area contributed by atoms with Crippen molar-refractivity contribution in [1.29, 1.82) is 0 Å². The van der Waals surface area contributed by atoms with Crippen LogP contribution in [0.3, 0.4) is 0 Å². The van der Waals surface area contributed by atoms with Gasteiger partial charge in [0, 0.05) is 16.6 Å². The van der Waals surface area contributed by atoms with Gasteiger partial charge in [-0.2, -0.15) is 0 Å². The molecule has 2 heterocycles. The number of amides is 2. The molecule has 7 heteroatoms. The van der Waals surface area contributed by atoms with E-state index in [1.807, 2.05) is 48.7 Å². The van der Waals surface area contributed by atoms with Crippen LogP contribution in [-0.2, 0) is 16.0 Å². The summed E-state index contributed by atoms with van der Waals surface area (Å²) in [6, 6.07) is 15.7. The Bertz CT molecular complexity index is 1020. The number of benzene rings is 2. The van der Waals surface area contributed by atoms with Gasteiger partial charge in [-0.3, -0.25) is 9.59 Å². The maximum atomic E-state index is 13.0. The molecule has 0 bridgehead atoms. The number of aryl methyl sites for hydroxylation is 1. The summed E-state index contributed by atoms with van der Waals surface area (Å²) in [5.74, 6) is 0.685.